The zero-order chi connectivity index (χ0) is 14.5. The number of amides is 1. The zero-order valence-electron chi connectivity index (χ0n) is 12.3. The Balaban J connectivity index is 1.40. The lowest BCUT2D eigenvalue weighted by Crippen LogP contribution is -2.29. The summed E-state index contributed by atoms with van der Waals surface area (Å²) in [5.74, 6) is 0.416. The van der Waals surface area contributed by atoms with Crippen molar-refractivity contribution in [1.82, 2.24) is 25.7 Å². The Morgan fingerprint density at radius 3 is 3.00 bits per heavy atom. The van der Waals surface area contributed by atoms with Crippen molar-refractivity contribution in [3.8, 4) is 0 Å². The van der Waals surface area contributed by atoms with E-state index in [9.17, 15) is 4.79 Å². The fraction of sp³-hybridized carbons (Fsp3) is 0.786. The van der Waals surface area contributed by atoms with Gasteiger partial charge in [-0.25, -0.2) is 0 Å². The van der Waals surface area contributed by atoms with Crippen LogP contribution in [0.15, 0.2) is 4.52 Å². The van der Waals surface area contributed by atoms with E-state index >= 15 is 0 Å². The van der Waals surface area contributed by atoms with Crippen LogP contribution >= 0.6 is 0 Å². The Kier molecular flexibility index (Phi) is 4.82. The van der Waals surface area contributed by atoms with Gasteiger partial charge in [0, 0.05) is 6.54 Å². The molecule has 1 atom stereocenters. The van der Waals surface area contributed by atoms with Crippen LogP contribution in [0.5, 0.6) is 0 Å². The maximum atomic E-state index is 11.9. The predicted molar refractivity (Wildman–Crippen MR) is 76.9 cm³/mol. The molecule has 3 heterocycles. The van der Waals surface area contributed by atoms with E-state index in [0.717, 1.165) is 32.4 Å². The van der Waals surface area contributed by atoms with Gasteiger partial charge < -0.3 is 20.1 Å². The summed E-state index contributed by atoms with van der Waals surface area (Å²) in [5.41, 5.74) is 0. The first-order valence-electron chi connectivity index (χ1n) is 7.90. The highest BCUT2D eigenvalue weighted by Gasteiger charge is 2.24. The van der Waals surface area contributed by atoms with Gasteiger partial charge in [0.1, 0.15) is 0 Å². The van der Waals surface area contributed by atoms with Gasteiger partial charge in [-0.1, -0.05) is 5.16 Å². The normalized spacial score (nSPS) is 22.8. The molecular weight excluding hydrogens is 270 g/mol. The monoisotopic (exact) mass is 293 g/mol. The SMILES string of the molecule is O=C(NCCCN1CCCC1)c1noc(C2CCCN2)n1. The molecule has 0 radical (unpaired) electrons. The van der Waals surface area contributed by atoms with Gasteiger partial charge in [0.15, 0.2) is 0 Å². The molecule has 3 rings (SSSR count). The van der Waals surface area contributed by atoms with Crippen molar-refractivity contribution in [2.75, 3.05) is 32.7 Å². The molecule has 1 aromatic rings. The van der Waals surface area contributed by atoms with E-state index in [2.05, 4.69) is 25.7 Å². The van der Waals surface area contributed by atoms with E-state index in [4.69, 9.17) is 4.52 Å². The summed E-state index contributed by atoms with van der Waals surface area (Å²) in [6.07, 6.45) is 5.64. The summed E-state index contributed by atoms with van der Waals surface area (Å²) < 4.78 is 5.16. The molecule has 2 N–H and O–H groups in total. The molecule has 2 aliphatic rings. The minimum Gasteiger partial charge on any atom is -0.349 e. The maximum Gasteiger partial charge on any atom is 0.292 e. The second-order valence-electron chi connectivity index (χ2n) is 5.76. The van der Waals surface area contributed by atoms with Crippen molar-refractivity contribution in [2.45, 2.75) is 38.1 Å². The molecule has 2 saturated heterocycles. The van der Waals surface area contributed by atoms with Crippen molar-refractivity contribution >= 4 is 5.91 Å². The Morgan fingerprint density at radius 1 is 1.38 bits per heavy atom. The zero-order valence-corrected chi connectivity index (χ0v) is 12.3. The Hall–Kier alpha value is -1.47. The lowest BCUT2D eigenvalue weighted by molar-refractivity contribution is 0.0938. The Morgan fingerprint density at radius 2 is 2.24 bits per heavy atom. The van der Waals surface area contributed by atoms with Crippen LogP contribution in [0.2, 0.25) is 0 Å². The Bertz CT molecular complexity index is 464. The molecule has 0 saturated carbocycles. The minimum absolute atomic E-state index is 0.106. The van der Waals surface area contributed by atoms with Crippen molar-refractivity contribution in [1.29, 1.82) is 0 Å². The Labute approximate surface area is 124 Å². The summed E-state index contributed by atoms with van der Waals surface area (Å²) in [4.78, 5) is 18.6. The third-order valence-corrected chi connectivity index (χ3v) is 4.14. The summed E-state index contributed by atoms with van der Waals surface area (Å²) in [7, 11) is 0. The molecule has 2 aliphatic heterocycles. The van der Waals surface area contributed by atoms with Gasteiger partial charge in [0.05, 0.1) is 6.04 Å². The molecule has 2 fully saturated rings. The first-order valence-corrected chi connectivity index (χ1v) is 7.90. The fourth-order valence-corrected chi connectivity index (χ4v) is 2.95. The molecule has 7 heteroatoms. The van der Waals surface area contributed by atoms with Crippen molar-refractivity contribution in [2.24, 2.45) is 0 Å². The average Bonchev–Trinajstić information content (AvgIpc) is 3.25. The van der Waals surface area contributed by atoms with E-state index in [0.29, 0.717) is 12.4 Å². The molecule has 0 bridgehead atoms. The number of hydrogen-bond acceptors (Lipinski definition) is 6. The average molecular weight is 293 g/mol. The number of aromatic nitrogens is 2. The van der Waals surface area contributed by atoms with E-state index in [-0.39, 0.29) is 17.8 Å². The van der Waals surface area contributed by atoms with Gasteiger partial charge in [-0.3, -0.25) is 4.79 Å². The first-order chi connectivity index (χ1) is 10.3. The third kappa shape index (κ3) is 3.79. The van der Waals surface area contributed by atoms with E-state index in [1.165, 1.54) is 25.9 Å². The molecule has 1 unspecified atom stereocenters. The lowest BCUT2D eigenvalue weighted by atomic mass is 10.2. The van der Waals surface area contributed by atoms with Crippen LogP contribution in [0, 0.1) is 0 Å². The van der Waals surface area contributed by atoms with Crippen LogP contribution in [0.25, 0.3) is 0 Å². The molecule has 1 amide bonds. The van der Waals surface area contributed by atoms with Crippen LogP contribution in [0.1, 0.15) is 54.7 Å². The first kappa shape index (κ1) is 14.5. The van der Waals surface area contributed by atoms with Crippen LogP contribution in [0.4, 0.5) is 0 Å². The second kappa shape index (κ2) is 7.00. The van der Waals surface area contributed by atoms with Crippen LogP contribution in [-0.4, -0.2) is 53.7 Å². The lowest BCUT2D eigenvalue weighted by Gasteiger charge is -2.13. The summed E-state index contributed by atoms with van der Waals surface area (Å²) in [5, 5.41) is 9.90. The number of nitrogens with one attached hydrogen (secondary N) is 2. The molecule has 21 heavy (non-hydrogen) atoms. The smallest absolute Gasteiger partial charge is 0.292 e. The highest BCUT2D eigenvalue weighted by molar-refractivity contribution is 5.90. The topological polar surface area (TPSA) is 83.3 Å². The molecule has 7 nitrogen and oxygen atoms in total. The van der Waals surface area contributed by atoms with Crippen molar-refractivity contribution in [3.05, 3.63) is 11.7 Å². The van der Waals surface area contributed by atoms with E-state index in [1.807, 2.05) is 0 Å². The summed E-state index contributed by atoms with van der Waals surface area (Å²) >= 11 is 0. The highest BCUT2D eigenvalue weighted by atomic mass is 16.5. The van der Waals surface area contributed by atoms with Crippen molar-refractivity contribution in [3.63, 3.8) is 0 Å². The van der Waals surface area contributed by atoms with Gasteiger partial charge in [-0.15, -0.1) is 0 Å². The standard InChI is InChI=1S/C14H23N5O2/c20-13(16-7-4-10-19-8-1-2-9-19)12-17-14(21-18-12)11-5-3-6-15-11/h11,15H,1-10H2,(H,16,20). The number of hydrogen-bond donors (Lipinski definition) is 2. The predicted octanol–water partition coefficient (Wildman–Crippen LogP) is 0.710. The molecule has 1 aromatic heterocycles. The third-order valence-electron chi connectivity index (χ3n) is 4.14. The van der Waals surface area contributed by atoms with Crippen LogP contribution in [0.3, 0.4) is 0 Å². The van der Waals surface area contributed by atoms with Gasteiger partial charge in [-0.2, -0.15) is 4.98 Å². The quantitative estimate of drug-likeness (QED) is 0.752. The molecule has 0 spiro atoms. The van der Waals surface area contributed by atoms with Crippen molar-refractivity contribution < 1.29 is 9.32 Å². The maximum absolute atomic E-state index is 11.9. The van der Waals surface area contributed by atoms with Gasteiger partial charge >= 0.3 is 0 Å². The fourth-order valence-electron chi connectivity index (χ4n) is 2.95. The highest BCUT2D eigenvalue weighted by Crippen LogP contribution is 2.20. The molecule has 116 valence electrons. The second-order valence-corrected chi connectivity index (χ2v) is 5.76. The van der Waals surface area contributed by atoms with Gasteiger partial charge in [0.2, 0.25) is 5.89 Å². The minimum atomic E-state index is -0.246. The number of nitrogens with zero attached hydrogens (tertiary/aromatic N) is 3. The number of carbonyl (C=O) groups is 1. The molecule has 0 aromatic carbocycles. The number of likely N-dealkylation sites (tertiary alicyclic amines) is 1. The molecule has 0 aliphatic carbocycles. The number of carbonyl (C=O) groups excluding carboxylic acids is 1. The van der Waals surface area contributed by atoms with E-state index in [1.54, 1.807) is 0 Å². The summed E-state index contributed by atoms with van der Waals surface area (Å²) in [6, 6.07) is 0.106. The van der Waals surface area contributed by atoms with Crippen LogP contribution < -0.4 is 10.6 Å². The summed E-state index contributed by atoms with van der Waals surface area (Å²) in [6.45, 7) is 5.04. The molecular formula is C14H23N5O2. The van der Waals surface area contributed by atoms with E-state index < -0.39 is 0 Å². The largest absolute Gasteiger partial charge is 0.349 e. The van der Waals surface area contributed by atoms with Gasteiger partial charge in [0.25, 0.3) is 11.7 Å². The number of rotatable bonds is 6. The van der Waals surface area contributed by atoms with Crippen LogP contribution in [-0.2, 0) is 0 Å². The van der Waals surface area contributed by atoms with Gasteiger partial charge in [-0.05, 0) is 58.3 Å².